The second-order valence-electron chi connectivity index (χ2n) is 4.08. The number of nitrogens with zero attached hydrogens (tertiary/aromatic N) is 2. The van der Waals surface area contributed by atoms with Gasteiger partial charge in [0.2, 0.25) is 5.91 Å². The van der Waals surface area contributed by atoms with E-state index in [4.69, 9.17) is 0 Å². The maximum absolute atomic E-state index is 11.8. The highest BCUT2D eigenvalue weighted by atomic mass is 16.2. The molecule has 15 heavy (non-hydrogen) atoms. The van der Waals surface area contributed by atoms with E-state index >= 15 is 0 Å². The van der Waals surface area contributed by atoms with Crippen LogP contribution >= 0.6 is 0 Å². The van der Waals surface area contributed by atoms with Crippen LogP contribution in [0.4, 0.5) is 0 Å². The molecule has 1 saturated heterocycles. The summed E-state index contributed by atoms with van der Waals surface area (Å²) in [7, 11) is 1.99. The van der Waals surface area contributed by atoms with Crippen molar-refractivity contribution in [1.29, 1.82) is 0 Å². The summed E-state index contributed by atoms with van der Waals surface area (Å²) in [5, 5.41) is 3.26. The van der Waals surface area contributed by atoms with Crippen LogP contribution in [-0.2, 0) is 4.79 Å². The van der Waals surface area contributed by atoms with Crippen molar-refractivity contribution in [2.45, 2.75) is 26.3 Å². The Morgan fingerprint density at radius 3 is 2.60 bits per heavy atom. The quantitative estimate of drug-likeness (QED) is 0.706. The standard InChI is InChI=1S/C11H23N3O/c1-4-14(5-2)11(15)9-13-7-6-10(8-13)12-3/h10,12H,4-9H2,1-3H3. The Morgan fingerprint density at radius 2 is 2.13 bits per heavy atom. The van der Waals surface area contributed by atoms with Gasteiger partial charge in [0, 0.05) is 32.2 Å². The first kappa shape index (κ1) is 12.5. The third kappa shape index (κ3) is 3.47. The molecule has 1 rings (SSSR count). The molecular weight excluding hydrogens is 190 g/mol. The maximum Gasteiger partial charge on any atom is 0.236 e. The molecule has 0 aromatic heterocycles. The van der Waals surface area contributed by atoms with Gasteiger partial charge < -0.3 is 10.2 Å². The van der Waals surface area contributed by atoms with Crippen molar-refractivity contribution in [3.05, 3.63) is 0 Å². The Kier molecular flexibility index (Phi) is 5.05. The lowest BCUT2D eigenvalue weighted by molar-refractivity contribution is -0.131. The molecule has 1 N–H and O–H groups in total. The first-order chi connectivity index (χ1) is 7.21. The van der Waals surface area contributed by atoms with Crippen molar-refractivity contribution in [2.24, 2.45) is 0 Å². The van der Waals surface area contributed by atoms with E-state index in [1.165, 1.54) is 0 Å². The second-order valence-corrected chi connectivity index (χ2v) is 4.08. The molecule has 0 aromatic rings. The number of hydrogen-bond acceptors (Lipinski definition) is 3. The third-order valence-electron chi connectivity index (χ3n) is 3.16. The summed E-state index contributed by atoms with van der Waals surface area (Å²) in [5.41, 5.74) is 0. The van der Waals surface area contributed by atoms with Crippen molar-refractivity contribution in [2.75, 3.05) is 39.8 Å². The predicted molar refractivity (Wildman–Crippen MR) is 61.8 cm³/mol. The zero-order valence-electron chi connectivity index (χ0n) is 10.1. The first-order valence-electron chi connectivity index (χ1n) is 5.88. The summed E-state index contributed by atoms with van der Waals surface area (Å²) in [4.78, 5) is 16.0. The topological polar surface area (TPSA) is 35.6 Å². The summed E-state index contributed by atoms with van der Waals surface area (Å²) in [5.74, 6) is 0.261. The van der Waals surface area contributed by atoms with E-state index in [9.17, 15) is 4.79 Å². The monoisotopic (exact) mass is 213 g/mol. The van der Waals surface area contributed by atoms with Crippen LogP contribution in [0.5, 0.6) is 0 Å². The van der Waals surface area contributed by atoms with E-state index in [-0.39, 0.29) is 5.91 Å². The molecule has 0 aromatic carbocycles. The number of rotatable bonds is 5. The van der Waals surface area contributed by atoms with E-state index < -0.39 is 0 Å². The van der Waals surface area contributed by atoms with E-state index in [2.05, 4.69) is 10.2 Å². The molecule has 1 atom stereocenters. The summed E-state index contributed by atoms with van der Waals surface area (Å²) < 4.78 is 0. The molecule has 0 bridgehead atoms. The highest BCUT2D eigenvalue weighted by Gasteiger charge is 2.23. The van der Waals surface area contributed by atoms with Crippen LogP contribution in [0, 0.1) is 0 Å². The van der Waals surface area contributed by atoms with E-state index in [0.717, 1.165) is 32.6 Å². The molecule has 0 radical (unpaired) electrons. The number of carbonyl (C=O) groups is 1. The molecule has 0 spiro atoms. The van der Waals surface area contributed by atoms with E-state index in [0.29, 0.717) is 12.6 Å². The fourth-order valence-corrected chi connectivity index (χ4v) is 2.08. The lowest BCUT2D eigenvalue weighted by Crippen LogP contribution is -2.40. The minimum absolute atomic E-state index is 0.261. The number of likely N-dealkylation sites (N-methyl/N-ethyl adjacent to an activating group) is 2. The fraction of sp³-hybridized carbons (Fsp3) is 0.909. The summed E-state index contributed by atoms with van der Waals surface area (Å²) in [6, 6.07) is 0.564. The minimum atomic E-state index is 0.261. The third-order valence-corrected chi connectivity index (χ3v) is 3.16. The highest BCUT2D eigenvalue weighted by molar-refractivity contribution is 5.78. The van der Waals surface area contributed by atoms with Crippen molar-refractivity contribution < 1.29 is 4.79 Å². The number of carbonyl (C=O) groups excluding carboxylic acids is 1. The minimum Gasteiger partial charge on any atom is -0.342 e. The van der Waals surface area contributed by atoms with Crippen molar-refractivity contribution in [3.8, 4) is 0 Å². The lowest BCUT2D eigenvalue weighted by atomic mass is 10.3. The fourth-order valence-electron chi connectivity index (χ4n) is 2.08. The van der Waals surface area contributed by atoms with Gasteiger partial charge >= 0.3 is 0 Å². The molecule has 1 aliphatic heterocycles. The van der Waals surface area contributed by atoms with Crippen LogP contribution in [0.15, 0.2) is 0 Å². The van der Waals surface area contributed by atoms with Crippen molar-refractivity contribution >= 4 is 5.91 Å². The molecule has 1 fully saturated rings. The molecule has 4 heteroatoms. The molecule has 1 unspecified atom stereocenters. The SMILES string of the molecule is CCN(CC)C(=O)CN1CCC(NC)C1. The molecule has 0 aliphatic carbocycles. The van der Waals surface area contributed by atoms with Gasteiger partial charge in [-0.15, -0.1) is 0 Å². The number of amides is 1. The van der Waals surface area contributed by atoms with Gasteiger partial charge in [0.25, 0.3) is 0 Å². The normalized spacial score (nSPS) is 21.9. The number of likely N-dealkylation sites (tertiary alicyclic amines) is 1. The van der Waals surface area contributed by atoms with E-state index in [1.54, 1.807) is 0 Å². The molecule has 1 amide bonds. The zero-order chi connectivity index (χ0) is 11.3. The molecule has 88 valence electrons. The van der Waals surface area contributed by atoms with E-state index in [1.807, 2.05) is 25.8 Å². The zero-order valence-corrected chi connectivity index (χ0v) is 10.1. The Bertz CT molecular complexity index is 204. The Balaban J connectivity index is 2.32. The average Bonchev–Trinajstić information content (AvgIpc) is 2.67. The van der Waals surface area contributed by atoms with Gasteiger partial charge in [-0.3, -0.25) is 9.69 Å². The molecule has 0 saturated carbocycles. The molecular formula is C11H23N3O. The Morgan fingerprint density at radius 1 is 1.47 bits per heavy atom. The number of hydrogen-bond donors (Lipinski definition) is 1. The van der Waals surface area contributed by atoms with Crippen LogP contribution in [0.3, 0.4) is 0 Å². The summed E-state index contributed by atoms with van der Waals surface area (Å²) in [6.07, 6.45) is 1.15. The molecule has 1 aliphatic rings. The van der Waals surface area contributed by atoms with Gasteiger partial charge in [0.15, 0.2) is 0 Å². The smallest absolute Gasteiger partial charge is 0.236 e. The van der Waals surface area contributed by atoms with Crippen LogP contribution < -0.4 is 5.32 Å². The van der Waals surface area contributed by atoms with Crippen molar-refractivity contribution in [1.82, 2.24) is 15.1 Å². The molecule has 4 nitrogen and oxygen atoms in total. The largest absolute Gasteiger partial charge is 0.342 e. The van der Waals surface area contributed by atoms with Crippen LogP contribution in [-0.4, -0.2) is 61.5 Å². The van der Waals surface area contributed by atoms with Crippen LogP contribution in [0.1, 0.15) is 20.3 Å². The first-order valence-corrected chi connectivity index (χ1v) is 5.88. The second kappa shape index (κ2) is 6.08. The van der Waals surface area contributed by atoms with Gasteiger partial charge in [0.1, 0.15) is 0 Å². The van der Waals surface area contributed by atoms with Gasteiger partial charge in [-0.2, -0.15) is 0 Å². The highest BCUT2D eigenvalue weighted by Crippen LogP contribution is 2.08. The predicted octanol–water partition coefficient (Wildman–Crippen LogP) is 0.149. The van der Waals surface area contributed by atoms with Gasteiger partial charge in [0.05, 0.1) is 6.54 Å². The maximum atomic E-state index is 11.8. The van der Waals surface area contributed by atoms with Crippen molar-refractivity contribution in [3.63, 3.8) is 0 Å². The van der Waals surface area contributed by atoms with Gasteiger partial charge in [-0.1, -0.05) is 0 Å². The summed E-state index contributed by atoms with van der Waals surface area (Å²) >= 11 is 0. The van der Waals surface area contributed by atoms with Crippen LogP contribution in [0.25, 0.3) is 0 Å². The van der Waals surface area contributed by atoms with Crippen LogP contribution in [0.2, 0.25) is 0 Å². The summed E-state index contributed by atoms with van der Waals surface area (Å²) in [6.45, 7) is 8.32. The molecule has 1 heterocycles. The Hall–Kier alpha value is -0.610. The Labute approximate surface area is 92.6 Å². The average molecular weight is 213 g/mol. The lowest BCUT2D eigenvalue weighted by Gasteiger charge is -2.22. The number of nitrogens with one attached hydrogen (secondary N) is 1. The van der Waals surface area contributed by atoms with Gasteiger partial charge in [-0.25, -0.2) is 0 Å². The van der Waals surface area contributed by atoms with Gasteiger partial charge in [-0.05, 0) is 27.3 Å².